The summed E-state index contributed by atoms with van der Waals surface area (Å²) in [6, 6.07) is 20.7. The molecule has 1 fully saturated rings. The molecule has 1 aliphatic rings. The maximum atomic E-state index is 13.1. The lowest BCUT2D eigenvalue weighted by atomic mass is 10.0. The molecule has 6 nitrogen and oxygen atoms in total. The molecule has 158 valence electrons. The van der Waals surface area contributed by atoms with Gasteiger partial charge < -0.3 is 5.32 Å². The summed E-state index contributed by atoms with van der Waals surface area (Å²) < 4.78 is 3.67. The molecular formula is C26H23N5O. The van der Waals surface area contributed by atoms with Crippen LogP contribution >= 0.6 is 0 Å². The van der Waals surface area contributed by atoms with Gasteiger partial charge in [0.1, 0.15) is 0 Å². The van der Waals surface area contributed by atoms with Crippen LogP contribution in [0.1, 0.15) is 12.5 Å². The van der Waals surface area contributed by atoms with Gasteiger partial charge in [-0.1, -0.05) is 42.5 Å². The first-order chi connectivity index (χ1) is 15.7. The number of aromatic nitrogens is 4. The molecule has 0 spiro atoms. The zero-order chi connectivity index (χ0) is 21.7. The number of nitrogens with one attached hydrogen (secondary N) is 1. The van der Waals surface area contributed by atoms with Gasteiger partial charge in [0, 0.05) is 36.3 Å². The summed E-state index contributed by atoms with van der Waals surface area (Å²) in [5.74, 6) is 0. The molecule has 2 aromatic carbocycles. The summed E-state index contributed by atoms with van der Waals surface area (Å²) in [7, 11) is 1.83. The zero-order valence-corrected chi connectivity index (χ0v) is 17.8. The summed E-state index contributed by atoms with van der Waals surface area (Å²) in [6.07, 6.45) is 4.68. The molecular weight excluding hydrogens is 398 g/mol. The van der Waals surface area contributed by atoms with E-state index in [1.165, 1.54) is 0 Å². The van der Waals surface area contributed by atoms with Crippen LogP contribution in [0.25, 0.3) is 44.3 Å². The van der Waals surface area contributed by atoms with Crippen LogP contribution in [0.2, 0.25) is 0 Å². The Morgan fingerprint density at radius 2 is 1.78 bits per heavy atom. The summed E-state index contributed by atoms with van der Waals surface area (Å²) >= 11 is 0. The topological polar surface area (TPSA) is 64.7 Å². The van der Waals surface area contributed by atoms with Gasteiger partial charge in [-0.05, 0) is 36.7 Å². The molecule has 0 unspecified atom stereocenters. The number of nitrogens with zero attached hydrogens (tertiary/aromatic N) is 4. The lowest BCUT2D eigenvalue weighted by Gasteiger charge is -2.12. The van der Waals surface area contributed by atoms with Crippen molar-refractivity contribution >= 4 is 21.9 Å². The Bertz CT molecular complexity index is 1490. The Morgan fingerprint density at radius 1 is 0.938 bits per heavy atom. The quantitative estimate of drug-likeness (QED) is 0.475. The third kappa shape index (κ3) is 2.95. The normalized spacial score (nSPS) is 16.2. The van der Waals surface area contributed by atoms with Crippen LogP contribution in [-0.4, -0.2) is 32.2 Å². The Balaban J connectivity index is 1.51. The number of benzene rings is 2. The molecule has 32 heavy (non-hydrogen) atoms. The molecule has 0 amide bonds. The number of fused-ring (bicyclic) bond motifs is 3. The van der Waals surface area contributed by atoms with Gasteiger partial charge in [0.05, 0.1) is 34.5 Å². The van der Waals surface area contributed by atoms with Gasteiger partial charge in [-0.15, -0.1) is 0 Å². The second-order valence-electron chi connectivity index (χ2n) is 8.38. The van der Waals surface area contributed by atoms with Gasteiger partial charge in [-0.2, -0.15) is 0 Å². The SMILES string of the molecule is Cn1c(=O)n([C@H]2CCNC2)c2c3cc(-c4ccc(-c5ccccc5)nc4)ccc3ncc21. The number of rotatable bonds is 3. The fraction of sp³-hybridized carbons (Fsp3) is 0.192. The number of hydrogen-bond acceptors (Lipinski definition) is 4. The average molecular weight is 422 g/mol. The fourth-order valence-electron chi connectivity index (χ4n) is 4.75. The van der Waals surface area contributed by atoms with Crippen LogP contribution < -0.4 is 11.0 Å². The van der Waals surface area contributed by atoms with E-state index in [-0.39, 0.29) is 11.7 Å². The first-order valence-corrected chi connectivity index (χ1v) is 10.9. The molecule has 1 N–H and O–H groups in total. The minimum atomic E-state index is 0.0160. The van der Waals surface area contributed by atoms with Crippen molar-refractivity contribution in [2.24, 2.45) is 7.05 Å². The predicted molar refractivity (Wildman–Crippen MR) is 128 cm³/mol. The van der Waals surface area contributed by atoms with Crippen LogP contribution in [0.15, 0.2) is 77.9 Å². The van der Waals surface area contributed by atoms with Gasteiger partial charge in [0.25, 0.3) is 0 Å². The van der Waals surface area contributed by atoms with Crippen LogP contribution in [0, 0.1) is 0 Å². The molecule has 1 aliphatic heterocycles. The summed E-state index contributed by atoms with van der Waals surface area (Å²) in [6.45, 7) is 1.74. The van der Waals surface area contributed by atoms with E-state index in [9.17, 15) is 4.79 Å². The van der Waals surface area contributed by atoms with Crippen LogP contribution in [0.3, 0.4) is 0 Å². The Labute approximate surface area is 185 Å². The molecule has 4 heterocycles. The highest BCUT2D eigenvalue weighted by atomic mass is 16.1. The number of hydrogen-bond donors (Lipinski definition) is 1. The summed E-state index contributed by atoms with van der Waals surface area (Å²) in [5, 5.41) is 4.38. The standard InChI is InChI=1S/C26H23N5O/c1-30-24-16-29-23-10-7-18(19-8-9-22(28-14-19)17-5-3-2-4-6-17)13-21(23)25(24)31(26(30)32)20-11-12-27-15-20/h2-10,13-14,16,20,27H,11-12,15H2,1H3/t20-/m0/s1. The number of aryl methyl sites for hydroxylation is 1. The maximum Gasteiger partial charge on any atom is 0.329 e. The molecule has 0 radical (unpaired) electrons. The first-order valence-electron chi connectivity index (χ1n) is 10.9. The zero-order valence-electron chi connectivity index (χ0n) is 17.8. The third-order valence-corrected chi connectivity index (χ3v) is 6.48. The van der Waals surface area contributed by atoms with Crippen molar-refractivity contribution in [1.82, 2.24) is 24.4 Å². The molecule has 6 heteroatoms. The highest BCUT2D eigenvalue weighted by Crippen LogP contribution is 2.31. The summed E-state index contributed by atoms with van der Waals surface area (Å²) in [5.41, 5.74) is 6.88. The highest BCUT2D eigenvalue weighted by molar-refractivity contribution is 6.04. The van der Waals surface area contributed by atoms with E-state index in [1.54, 1.807) is 4.57 Å². The van der Waals surface area contributed by atoms with E-state index in [0.29, 0.717) is 0 Å². The van der Waals surface area contributed by atoms with Gasteiger partial charge in [-0.3, -0.25) is 19.1 Å². The van der Waals surface area contributed by atoms with E-state index < -0.39 is 0 Å². The Kier molecular flexibility index (Phi) is 4.40. The van der Waals surface area contributed by atoms with Crippen molar-refractivity contribution in [3.05, 3.63) is 83.5 Å². The first kappa shape index (κ1) is 19.0. The van der Waals surface area contributed by atoms with Crippen LogP contribution in [0.5, 0.6) is 0 Å². The second kappa shape index (κ2) is 7.43. The van der Waals surface area contributed by atoms with E-state index in [1.807, 2.05) is 48.3 Å². The number of imidazole rings is 1. The van der Waals surface area contributed by atoms with Crippen molar-refractivity contribution in [2.45, 2.75) is 12.5 Å². The van der Waals surface area contributed by atoms with Gasteiger partial charge in [0.2, 0.25) is 0 Å². The smallest absolute Gasteiger partial charge is 0.315 e. The largest absolute Gasteiger partial charge is 0.329 e. The summed E-state index contributed by atoms with van der Waals surface area (Å²) in [4.78, 5) is 22.4. The maximum absolute atomic E-state index is 13.1. The molecule has 1 saturated heterocycles. The fourth-order valence-corrected chi connectivity index (χ4v) is 4.75. The molecule has 1 atom stereocenters. The molecule has 3 aromatic heterocycles. The molecule has 5 aromatic rings. The van der Waals surface area contributed by atoms with Gasteiger partial charge >= 0.3 is 5.69 Å². The van der Waals surface area contributed by atoms with Crippen molar-refractivity contribution in [1.29, 1.82) is 0 Å². The van der Waals surface area contributed by atoms with Gasteiger partial charge in [0.15, 0.2) is 0 Å². The Morgan fingerprint density at radius 3 is 2.53 bits per heavy atom. The molecule has 0 saturated carbocycles. The van der Waals surface area contributed by atoms with Crippen LogP contribution in [-0.2, 0) is 7.05 Å². The van der Waals surface area contributed by atoms with Crippen molar-refractivity contribution in [2.75, 3.05) is 13.1 Å². The van der Waals surface area contributed by atoms with Crippen molar-refractivity contribution < 1.29 is 0 Å². The average Bonchev–Trinajstić information content (AvgIpc) is 3.46. The van der Waals surface area contributed by atoms with E-state index in [4.69, 9.17) is 0 Å². The minimum absolute atomic E-state index is 0.0160. The molecule has 0 bridgehead atoms. The monoisotopic (exact) mass is 421 g/mol. The van der Waals surface area contributed by atoms with Gasteiger partial charge in [-0.25, -0.2) is 4.79 Å². The third-order valence-electron chi connectivity index (χ3n) is 6.48. The highest BCUT2D eigenvalue weighted by Gasteiger charge is 2.24. The lowest BCUT2D eigenvalue weighted by Crippen LogP contribution is -2.27. The molecule has 0 aliphatic carbocycles. The predicted octanol–water partition coefficient (Wildman–Crippen LogP) is 4.15. The second-order valence-corrected chi connectivity index (χ2v) is 8.38. The molecule has 6 rings (SSSR count). The number of pyridine rings is 2. The van der Waals surface area contributed by atoms with E-state index >= 15 is 0 Å². The lowest BCUT2D eigenvalue weighted by molar-refractivity contribution is 0.536. The minimum Gasteiger partial charge on any atom is -0.315 e. The van der Waals surface area contributed by atoms with E-state index in [0.717, 1.165) is 63.8 Å². The Hall–Kier alpha value is -3.77. The van der Waals surface area contributed by atoms with Crippen LogP contribution in [0.4, 0.5) is 0 Å². The van der Waals surface area contributed by atoms with E-state index in [2.05, 4.69) is 51.7 Å². The van der Waals surface area contributed by atoms with Crippen molar-refractivity contribution in [3.8, 4) is 22.4 Å². The van der Waals surface area contributed by atoms with Crippen molar-refractivity contribution in [3.63, 3.8) is 0 Å².